The summed E-state index contributed by atoms with van der Waals surface area (Å²) in [5.74, 6) is -0.0160. The third-order valence-corrected chi connectivity index (χ3v) is 5.31. The van der Waals surface area contributed by atoms with E-state index in [1.54, 1.807) is 6.20 Å². The normalized spacial score (nSPS) is 17.9. The van der Waals surface area contributed by atoms with E-state index < -0.39 is 0 Å². The Morgan fingerprint density at radius 3 is 2.26 bits per heavy atom. The lowest BCUT2D eigenvalue weighted by Gasteiger charge is -2.37. The van der Waals surface area contributed by atoms with Crippen molar-refractivity contribution in [3.63, 3.8) is 0 Å². The first kappa shape index (κ1) is 18.1. The first-order valence-electron chi connectivity index (χ1n) is 9.29. The summed E-state index contributed by atoms with van der Waals surface area (Å²) < 4.78 is 5.32. The molecule has 6 nitrogen and oxygen atoms in total. The number of hydrogen-bond donors (Lipinski definition) is 0. The average Bonchev–Trinajstić information content (AvgIpc) is 2.74. The van der Waals surface area contributed by atoms with Crippen molar-refractivity contribution in [1.82, 2.24) is 9.88 Å². The molecule has 0 radical (unpaired) electrons. The van der Waals surface area contributed by atoms with Crippen molar-refractivity contribution in [2.45, 2.75) is 0 Å². The van der Waals surface area contributed by atoms with Crippen molar-refractivity contribution in [1.29, 1.82) is 0 Å². The van der Waals surface area contributed by atoms with Gasteiger partial charge >= 0.3 is 0 Å². The minimum Gasteiger partial charge on any atom is -0.378 e. The summed E-state index contributed by atoms with van der Waals surface area (Å²) in [4.78, 5) is 23.4. The molecule has 4 rings (SSSR count). The van der Waals surface area contributed by atoms with E-state index in [2.05, 4.69) is 20.9 Å². The van der Waals surface area contributed by atoms with Crippen molar-refractivity contribution in [3.05, 3.63) is 53.3 Å². The summed E-state index contributed by atoms with van der Waals surface area (Å²) in [6.45, 7) is 6.05. The van der Waals surface area contributed by atoms with Gasteiger partial charge < -0.3 is 19.4 Å². The van der Waals surface area contributed by atoms with Gasteiger partial charge in [0.15, 0.2) is 0 Å². The molecule has 0 aliphatic carbocycles. The predicted octanol–water partition coefficient (Wildman–Crippen LogP) is 2.53. The number of hydrogen-bond acceptors (Lipinski definition) is 5. The zero-order valence-electron chi connectivity index (χ0n) is 15.2. The topological polar surface area (TPSA) is 48.9 Å². The molecule has 7 heteroatoms. The number of carbonyl (C=O) groups excluding carboxylic acids is 1. The van der Waals surface area contributed by atoms with Crippen LogP contribution >= 0.6 is 11.6 Å². The maximum atomic E-state index is 12.7. The van der Waals surface area contributed by atoms with Crippen LogP contribution in [0.3, 0.4) is 0 Å². The summed E-state index contributed by atoms with van der Waals surface area (Å²) in [5.41, 5.74) is 2.71. The summed E-state index contributed by atoms with van der Waals surface area (Å²) in [6.07, 6.45) is 1.73. The molecule has 0 unspecified atom stereocenters. The van der Waals surface area contributed by atoms with Gasteiger partial charge in [0.1, 0.15) is 5.69 Å². The SMILES string of the molecule is O=C(c1cc(N2CCN(c3cccc(Cl)c3)CC2)ccn1)N1CCOCC1. The molecule has 2 aliphatic rings. The molecule has 27 heavy (non-hydrogen) atoms. The summed E-state index contributed by atoms with van der Waals surface area (Å²) in [5, 5.41) is 0.760. The Hall–Kier alpha value is -2.31. The second-order valence-corrected chi connectivity index (χ2v) is 7.19. The minimum absolute atomic E-state index is 0.0160. The first-order valence-corrected chi connectivity index (χ1v) is 9.67. The molecule has 3 heterocycles. The van der Waals surface area contributed by atoms with Crippen LogP contribution in [0.4, 0.5) is 11.4 Å². The van der Waals surface area contributed by atoms with Gasteiger partial charge in [0.2, 0.25) is 0 Å². The standard InChI is InChI=1S/C20H23ClN4O2/c21-16-2-1-3-17(14-16)23-6-8-24(9-7-23)18-4-5-22-19(15-18)20(26)25-10-12-27-13-11-25/h1-5,14-15H,6-13H2. The highest BCUT2D eigenvalue weighted by Crippen LogP contribution is 2.23. The molecule has 2 saturated heterocycles. The summed E-state index contributed by atoms with van der Waals surface area (Å²) in [6, 6.07) is 11.9. The number of benzene rings is 1. The number of rotatable bonds is 3. The lowest BCUT2D eigenvalue weighted by molar-refractivity contribution is 0.0299. The van der Waals surface area contributed by atoms with Crippen LogP contribution in [0.2, 0.25) is 5.02 Å². The largest absolute Gasteiger partial charge is 0.378 e. The molecule has 2 aromatic rings. The van der Waals surface area contributed by atoms with Crippen LogP contribution in [0.5, 0.6) is 0 Å². The second-order valence-electron chi connectivity index (χ2n) is 6.76. The van der Waals surface area contributed by atoms with Gasteiger partial charge in [-0.05, 0) is 30.3 Å². The van der Waals surface area contributed by atoms with Crippen molar-refractivity contribution >= 4 is 28.9 Å². The highest BCUT2D eigenvalue weighted by molar-refractivity contribution is 6.30. The zero-order valence-corrected chi connectivity index (χ0v) is 15.9. The molecule has 1 amide bonds. The summed E-state index contributed by atoms with van der Waals surface area (Å²) in [7, 11) is 0. The number of halogens is 1. The molecule has 0 bridgehead atoms. The Balaban J connectivity index is 1.42. The van der Waals surface area contributed by atoms with E-state index in [0.29, 0.717) is 32.0 Å². The fourth-order valence-electron chi connectivity index (χ4n) is 3.56. The monoisotopic (exact) mass is 386 g/mol. The second kappa shape index (κ2) is 8.15. The van der Waals surface area contributed by atoms with Gasteiger partial charge in [0.05, 0.1) is 13.2 Å². The van der Waals surface area contributed by atoms with E-state index in [-0.39, 0.29) is 5.91 Å². The predicted molar refractivity (Wildman–Crippen MR) is 107 cm³/mol. The van der Waals surface area contributed by atoms with Crippen molar-refractivity contribution in [2.24, 2.45) is 0 Å². The molecule has 142 valence electrons. The number of carbonyl (C=O) groups is 1. The third kappa shape index (κ3) is 4.17. The fourth-order valence-corrected chi connectivity index (χ4v) is 3.74. The van der Waals surface area contributed by atoms with Gasteiger partial charge in [0.25, 0.3) is 5.91 Å². The smallest absolute Gasteiger partial charge is 0.272 e. The Labute approximate surface area is 164 Å². The van der Waals surface area contributed by atoms with E-state index in [4.69, 9.17) is 16.3 Å². The quantitative estimate of drug-likeness (QED) is 0.811. The molecule has 0 spiro atoms. The molecule has 1 aromatic heterocycles. The van der Waals surface area contributed by atoms with Crippen LogP contribution < -0.4 is 9.80 Å². The molecule has 1 aromatic carbocycles. The van der Waals surface area contributed by atoms with Gasteiger partial charge in [-0.3, -0.25) is 9.78 Å². The van der Waals surface area contributed by atoms with Crippen molar-refractivity contribution in [2.75, 3.05) is 62.3 Å². The Morgan fingerprint density at radius 1 is 0.926 bits per heavy atom. The van der Waals surface area contributed by atoms with Crippen molar-refractivity contribution in [3.8, 4) is 0 Å². The molecule has 0 N–H and O–H groups in total. The number of anilines is 2. The van der Waals surface area contributed by atoms with Gasteiger partial charge in [-0.25, -0.2) is 0 Å². The molecule has 2 aliphatic heterocycles. The fraction of sp³-hybridized carbons (Fsp3) is 0.400. The van der Waals surface area contributed by atoms with Crippen LogP contribution in [0.15, 0.2) is 42.6 Å². The van der Waals surface area contributed by atoms with Gasteiger partial charge in [-0.1, -0.05) is 17.7 Å². The molecular formula is C20H23ClN4O2. The van der Waals surface area contributed by atoms with E-state index >= 15 is 0 Å². The molecule has 2 fully saturated rings. The van der Waals surface area contributed by atoms with Gasteiger partial charge in [0, 0.05) is 61.9 Å². The third-order valence-electron chi connectivity index (χ3n) is 5.08. The summed E-state index contributed by atoms with van der Waals surface area (Å²) >= 11 is 6.11. The van der Waals surface area contributed by atoms with Crippen LogP contribution in [-0.2, 0) is 4.74 Å². The Morgan fingerprint density at radius 2 is 1.59 bits per heavy atom. The van der Waals surface area contributed by atoms with Crippen molar-refractivity contribution < 1.29 is 9.53 Å². The molecule has 0 saturated carbocycles. The maximum absolute atomic E-state index is 12.7. The van der Waals surface area contributed by atoms with Crippen LogP contribution in [-0.4, -0.2) is 68.3 Å². The van der Waals surface area contributed by atoms with Crippen LogP contribution in [0.25, 0.3) is 0 Å². The lowest BCUT2D eigenvalue weighted by Crippen LogP contribution is -2.46. The zero-order chi connectivity index (χ0) is 18.6. The molecule has 0 atom stereocenters. The van der Waals surface area contributed by atoms with Crippen LogP contribution in [0, 0.1) is 0 Å². The average molecular weight is 387 g/mol. The molecular weight excluding hydrogens is 364 g/mol. The number of morpholine rings is 1. The van der Waals surface area contributed by atoms with E-state index in [1.165, 1.54) is 0 Å². The number of pyridine rings is 1. The number of aromatic nitrogens is 1. The van der Waals surface area contributed by atoms with Gasteiger partial charge in [-0.15, -0.1) is 0 Å². The van der Waals surface area contributed by atoms with Gasteiger partial charge in [-0.2, -0.15) is 0 Å². The maximum Gasteiger partial charge on any atom is 0.272 e. The van der Waals surface area contributed by atoms with E-state index in [1.807, 2.05) is 35.2 Å². The van der Waals surface area contributed by atoms with Crippen LogP contribution in [0.1, 0.15) is 10.5 Å². The Kier molecular flexibility index (Phi) is 5.45. The highest BCUT2D eigenvalue weighted by atomic mass is 35.5. The highest BCUT2D eigenvalue weighted by Gasteiger charge is 2.22. The number of ether oxygens (including phenoxy) is 1. The number of amides is 1. The minimum atomic E-state index is -0.0160. The Bertz CT molecular complexity index is 802. The number of piperazine rings is 1. The first-order chi connectivity index (χ1) is 13.2. The van der Waals surface area contributed by atoms with E-state index in [9.17, 15) is 4.79 Å². The number of nitrogens with zero attached hydrogens (tertiary/aromatic N) is 4. The van der Waals surface area contributed by atoms with E-state index in [0.717, 1.165) is 42.6 Å². The lowest BCUT2D eigenvalue weighted by atomic mass is 10.2.